The number of hydrogen-bond acceptors (Lipinski definition) is 2. The van der Waals surface area contributed by atoms with Gasteiger partial charge in [-0.2, -0.15) is 0 Å². The molecule has 1 unspecified atom stereocenters. The summed E-state index contributed by atoms with van der Waals surface area (Å²) in [7, 11) is 0. The Kier molecular flexibility index (Phi) is 3.44. The number of hydrogen-bond donors (Lipinski definition) is 1. The van der Waals surface area contributed by atoms with E-state index < -0.39 is 11.6 Å². The van der Waals surface area contributed by atoms with Gasteiger partial charge in [0.15, 0.2) is 5.82 Å². The van der Waals surface area contributed by atoms with Crippen LogP contribution in [-0.2, 0) is 0 Å². The van der Waals surface area contributed by atoms with E-state index in [1.54, 1.807) is 0 Å². The fourth-order valence-corrected chi connectivity index (χ4v) is 2.68. The second-order valence-corrected chi connectivity index (χ2v) is 4.86. The number of halogens is 3. The predicted octanol–water partition coefficient (Wildman–Crippen LogP) is 2.55. The SMILES string of the molecule is OCC1CCN(c2c(F)cc(F)cc2Br)C1. The molecule has 1 saturated heterocycles. The molecule has 1 fully saturated rings. The topological polar surface area (TPSA) is 23.5 Å². The van der Waals surface area contributed by atoms with Crippen LogP contribution >= 0.6 is 15.9 Å². The third kappa shape index (κ3) is 2.20. The molecule has 0 bridgehead atoms. The van der Waals surface area contributed by atoms with Gasteiger partial charge in [-0.05, 0) is 28.4 Å². The Morgan fingerprint density at radius 1 is 1.44 bits per heavy atom. The van der Waals surface area contributed by atoms with Crippen LogP contribution in [0.1, 0.15) is 6.42 Å². The molecule has 1 aliphatic heterocycles. The highest BCUT2D eigenvalue weighted by atomic mass is 79.9. The van der Waals surface area contributed by atoms with Gasteiger partial charge in [-0.1, -0.05) is 0 Å². The molecule has 0 radical (unpaired) electrons. The van der Waals surface area contributed by atoms with Crippen molar-refractivity contribution in [2.45, 2.75) is 6.42 Å². The Balaban J connectivity index is 2.28. The van der Waals surface area contributed by atoms with Crippen molar-refractivity contribution < 1.29 is 13.9 Å². The van der Waals surface area contributed by atoms with Crippen molar-refractivity contribution in [3.63, 3.8) is 0 Å². The van der Waals surface area contributed by atoms with Gasteiger partial charge in [0, 0.05) is 36.2 Å². The van der Waals surface area contributed by atoms with Gasteiger partial charge < -0.3 is 10.0 Å². The molecule has 88 valence electrons. The van der Waals surface area contributed by atoms with Crippen LogP contribution in [0.2, 0.25) is 0 Å². The van der Waals surface area contributed by atoms with Gasteiger partial charge in [-0.25, -0.2) is 8.78 Å². The molecule has 5 heteroatoms. The van der Waals surface area contributed by atoms with Crippen LogP contribution in [0.3, 0.4) is 0 Å². The third-order valence-corrected chi connectivity index (χ3v) is 3.45. The number of anilines is 1. The van der Waals surface area contributed by atoms with Crippen LogP contribution in [0.15, 0.2) is 16.6 Å². The molecule has 2 rings (SSSR count). The molecule has 16 heavy (non-hydrogen) atoms. The van der Waals surface area contributed by atoms with Gasteiger partial charge >= 0.3 is 0 Å². The summed E-state index contributed by atoms with van der Waals surface area (Å²) in [4.78, 5) is 1.83. The largest absolute Gasteiger partial charge is 0.396 e. The van der Waals surface area contributed by atoms with Crippen LogP contribution in [0.4, 0.5) is 14.5 Å². The van der Waals surface area contributed by atoms with Crippen molar-refractivity contribution >= 4 is 21.6 Å². The Bertz CT molecular complexity index is 377. The summed E-state index contributed by atoms with van der Waals surface area (Å²) in [5.74, 6) is -0.979. The Morgan fingerprint density at radius 2 is 2.19 bits per heavy atom. The second kappa shape index (κ2) is 4.67. The summed E-state index contributed by atoms with van der Waals surface area (Å²) in [5.41, 5.74) is 0.386. The standard InChI is InChI=1S/C11H12BrF2NO/c12-9-3-8(13)4-10(14)11(9)15-2-1-7(5-15)6-16/h3-4,7,16H,1-2,5-6H2. The molecule has 2 nitrogen and oxygen atoms in total. The van der Waals surface area contributed by atoms with Crippen molar-refractivity contribution in [1.82, 2.24) is 0 Å². The Hall–Kier alpha value is -0.680. The van der Waals surface area contributed by atoms with E-state index in [2.05, 4.69) is 15.9 Å². The van der Waals surface area contributed by atoms with Crippen molar-refractivity contribution in [1.29, 1.82) is 0 Å². The van der Waals surface area contributed by atoms with Gasteiger partial charge in [0.1, 0.15) is 5.82 Å². The van der Waals surface area contributed by atoms with Crippen LogP contribution in [0.25, 0.3) is 0 Å². The van der Waals surface area contributed by atoms with Crippen LogP contribution in [-0.4, -0.2) is 24.8 Å². The maximum absolute atomic E-state index is 13.6. The van der Waals surface area contributed by atoms with E-state index in [0.717, 1.165) is 12.5 Å². The molecule has 1 N–H and O–H groups in total. The van der Waals surface area contributed by atoms with E-state index in [1.807, 2.05) is 4.90 Å². The fraction of sp³-hybridized carbons (Fsp3) is 0.455. The van der Waals surface area contributed by atoms with Gasteiger partial charge in [0.25, 0.3) is 0 Å². The molecule has 1 aliphatic rings. The highest BCUT2D eigenvalue weighted by molar-refractivity contribution is 9.10. The molecule has 1 aromatic rings. The van der Waals surface area contributed by atoms with Crippen molar-refractivity contribution in [2.24, 2.45) is 5.92 Å². The number of aliphatic hydroxyl groups excluding tert-OH is 1. The number of nitrogens with zero attached hydrogens (tertiary/aromatic N) is 1. The van der Waals surface area contributed by atoms with E-state index in [1.165, 1.54) is 6.07 Å². The Morgan fingerprint density at radius 3 is 2.75 bits per heavy atom. The molecule has 0 aromatic heterocycles. The lowest BCUT2D eigenvalue weighted by molar-refractivity contribution is 0.238. The molecule has 0 aliphatic carbocycles. The normalized spacial score (nSPS) is 20.5. The molecule has 0 spiro atoms. The zero-order valence-corrected chi connectivity index (χ0v) is 10.2. The van der Waals surface area contributed by atoms with E-state index in [4.69, 9.17) is 5.11 Å². The summed E-state index contributed by atoms with van der Waals surface area (Å²) in [6.45, 7) is 1.40. The first kappa shape index (κ1) is 11.8. The molecule has 1 heterocycles. The van der Waals surface area contributed by atoms with E-state index in [-0.39, 0.29) is 12.5 Å². The predicted molar refractivity (Wildman–Crippen MR) is 61.5 cm³/mol. The summed E-state index contributed by atoms with van der Waals surface area (Å²) >= 11 is 3.17. The number of benzene rings is 1. The number of rotatable bonds is 2. The summed E-state index contributed by atoms with van der Waals surface area (Å²) < 4.78 is 26.9. The van der Waals surface area contributed by atoms with Crippen LogP contribution < -0.4 is 4.90 Å². The van der Waals surface area contributed by atoms with Gasteiger partial charge in [-0.15, -0.1) is 0 Å². The summed E-state index contributed by atoms with van der Waals surface area (Å²) in [6.07, 6.45) is 0.833. The molecule has 0 saturated carbocycles. The quantitative estimate of drug-likeness (QED) is 0.905. The Labute approximate surface area is 101 Å². The highest BCUT2D eigenvalue weighted by Gasteiger charge is 2.25. The minimum atomic E-state index is -0.592. The van der Waals surface area contributed by atoms with Crippen molar-refractivity contribution in [3.05, 3.63) is 28.2 Å². The van der Waals surface area contributed by atoms with Crippen LogP contribution in [0, 0.1) is 17.6 Å². The molecular weight excluding hydrogens is 280 g/mol. The first-order valence-electron chi connectivity index (χ1n) is 5.12. The summed E-state index contributed by atoms with van der Waals surface area (Å²) in [5, 5.41) is 9.02. The number of aliphatic hydroxyl groups is 1. The second-order valence-electron chi connectivity index (χ2n) is 4.00. The maximum Gasteiger partial charge on any atom is 0.150 e. The van der Waals surface area contributed by atoms with E-state index in [9.17, 15) is 8.78 Å². The first-order chi connectivity index (χ1) is 7.61. The maximum atomic E-state index is 13.6. The van der Waals surface area contributed by atoms with Crippen molar-refractivity contribution in [2.75, 3.05) is 24.6 Å². The molecule has 1 atom stereocenters. The van der Waals surface area contributed by atoms with E-state index >= 15 is 0 Å². The average molecular weight is 292 g/mol. The summed E-state index contributed by atoms with van der Waals surface area (Å²) in [6, 6.07) is 2.14. The van der Waals surface area contributed by atoms with Gasteiger partial charge in [0.05, 0.1) is 5.69 Å². The fourth-order valence-electron chi connectivity index (χ4n) is 2.02. The minimum absolute atomic E-state index is 0.108. The lowest BCUT2D eigenvalue weighted by Crippen LogP contribution is -2.22. The molecule has 0 amide bonds. The third-order valence-electron chi connectivity index (χ3n) is 2.84. The lowest BCUT2D eigenvalue weighted by atomic mass is 10.1. The monoisotopic (exact) mass is 291 g/mol. The molecular formula is C11H12BrF2NO. The van der Waals surface area contributed by atoms with Crippen molar-refractivity contribution in [3.8, 4) is 0 Å². The minimum Gasteiger partial charge on any atom is -0.396 e. The first-order valence-corrected chi connectivity index (χ1v) is 5.91. The zero-order chi connectivity index (χ0) is 11.7. The van der Waals surface area contributed by atoms with Gasteiger partial charge in [-0.3, -0.25) is 0 Å². The smallest absolute Gasteiger partial charge is 0.150 e. The lowest BCUT2D eigenvalue weighted by Gasteiger charge is -2.20. The van der Waals surface area contributed by atoms with Crippen LogP contribution in [0.5, 0.6) is 0 Å². The highest BCUT2D eigenvalue weighted by Crippen LogP contribution is 2.33. The zero-order valence-electron chi connectivity index (χ0n) is 8.59. The van der Waals surface area contributed by atoms with E-state index in [0.29, 0.717) is 23.2 Å². The molecule has 1 aromatic carbocycles. The van der Waals surface area contributed by atoms with Gasteiger partial charge in [0.2, 0.25) is 0 Å². The average Bonchev–Trinajstić information content (AvgIpc) is 2.64.